The maximum absolute atomic E-state index is 5.44. The molecular weight excluding hydrogens is 182 g/mol. The van der Waals surface area contributed by atoms with Gasteiger partial charge in [0.05, 0.1) is 0 Å². The fraction of sp³-hybridized carbons (Fsp3) is 0.200. The Morgan fingerprint density at radius 2 is 2.22 bits per heavy atom. The molecule has 1 rings (SSSR count). The predicted octanol–water partition coefficient (Wildman–Crippen LogP) is 1.13. The van der Waals surface area contributed by atoms with E-state index < -0.39 is 0 Å². The van der Waals surface area contributed by atoms with Gasteiger partial charge in [-0.1, -0.05) is 0 Å². The zero-order chi connectivity index (χ0) is 6.85. The van der Waals surface area contributed by atoms with Gasteiger partial charge in [0, 0.05) is 5.56 Å². The molecule has 2 N–H and O–H groups in total. The Morgan fingerprint density at radius 3 is 2.67 bits per heavy atom. The second-order valence-electron chi connectivity index (χ2n) is 1.67. The van der Waals surface area contributed by atoms with E-state index in [9.17, 15) is 0 Å². The molecule has 0 aliphatic heterocycles. The molecule has 0 bridgehead atoms. The van der Waals surface area contributed by atoms with Gasteiger partial charge >= 0.3 is 0 Å². The van der Waals surface area contributed by atoms with Crippen LogP contribution < -0.4 is 5.73 Å². The summed E-state index contributed by atoms with van der Waals surface area (Å²) in [4.78, 5) is 7.64. The van der Waals surface area contributed by atoms with E-state index in [4.69, 9.17) is 5.73 Å². The Hall–Kier alpha value is -0.640. The molecule has 0 spiro atoms. The van der Waals surface area contributed by atoms with E-state index in [0.717, 1.165) is 10.2 Å². The van der Waals surface area contributed by atoms with Crippen LogP contribution in [0.1, 0.15) is 5.56 Å². The van der Waals surface area contributed by atoms with Gasteiger partial charge < -0.3 is 5.73 Å². The van der Waals surface area contributed by atoms with Crippen LogP contribution in [-0.4, -0.2) is 9.97 Å². The molecule has 48 valence electrons. The molecule has 0 saturated carbocycles. The first-order valence-electron chi connectivity index (χ1n) is 2.44. The minimum absolute atomic E-state index is 0.525. The Kier molecular flexibility index (Phi) is 1.66. The van der Waals surface area contributed by atoms with Crippen molar-refractivity contribution in [3.63, 3.8) is 0 Å². The quantitative estimate of drug-likeness (QED) is 0.620. The van der Waals surface area contributed by atoms with Gasteiger partial charge in [-0.2, -0.15) is 0 Å². The van der Waals surface area contributed by atoms with E-state index in [-0.39, 0.29) is 0 Å². The van der Waals surface area contributed by atoms with Crippen LogP contribution >= 0.6 is 15.9 Å². The van der Waals surface area contributed by atoms with Crippen molar-refractivity contribution in [2.24, 2.45) is 0 Å². The average Bonchev–Trinajstić information content (AvgIpc) is 1.83. The molecule has 4 heteroatoms. The number of hydrogen-bond acceptors (Lipinski definition) is 3. The Labute approximate surface area is 61.4 Å². The van der Waals surface area contributed by atoms with E-state index >= 15 is 0 Å². The summed E-state index contributed by atoms with van der Waals surface area (Å²) in [6, 6.07) is 0. The highest BCUT2D eigenvalue weighted by molar-refractivity contribution is 9.10. The predicted molar refractivity (Wildman–Crippen MR) is 38.9 cm³/mol. The summed E-state index contributed by atoms with van der Waals surface area (Å²) in [6.07, 6.45) is 1.42. The van der Waals surface area contributed by atoms with Crippen molar-refractivity contribution in [2.75, 3.05) is 5.73 Å². The first kappa shape index (κ1) is 6.48. The van der Waals surface area contributed by atoms with Crippen LogP contribution in [0.2, 0.25) is 0 Å². The van der Waals surface area contributed by atoms with E-state index in [1.54, 1.807) is 0 Å². The molecule has 9 heavy (non-hydrogen) atoms. The molecule has 0 fully saturated rings. The van der Waals surface area contributed by atoms with Gasteiger partial charge in [0.25, 0.3) is 0 Å². The minimum atomic E-state index is 0.525. The molecule has 1 aromatic heterocycles. The number of nitrogens with zero attached hydrogens (tertiary/aromatic N) is 2. The fourth-order valence-electron chi connectivity index (χ4n) is 0.441. The van der Waals surface area contributed by atoms with Gasteiger partial charge in [-0.05, 0) is 22.9 Å². The Morgan fingerprint density at radius 1 is 1.56 bits per heavy atom. The SMILES string of the molecule is Cc1c(N)ncnc1Br. The topological polar surface area (TPSA) is 51.8 Å². The van der Waals surface area contributed by atoms with E-state index in [1.165, 1.54) is 6.33 Å². The zero-order valence-electron chi connectivity index (χ0n) is 4.93. The fourth-order valence-corrected chi connectivity index (χ4v) is 0.736. The molecule has 0 amide bonds. The van der Waals surface area contributed by atoms with Gasteiger partial charge in [-0.15, -0.1) is 0 Å². The summed E-state index contributed by atoms with van der Waals surface area (Å²) >= 11 is 3.21. The van der Waals surface area contributed by atoms with Crippen LogP contribution in [0.5, 0.6) is 0 Å². The van der Waals surface area contributed by atoms with Crippen molar-refractivity contribution in [1.82, 2.24) is 9.97 Å². The van der Waals surface area contributed by atoms with Crippen molar-refractivity contribution in [2.45, 2.75) is 6.92 Å². The average molecular weight is 188 g/mol. The van der Waals surface area contributed by atoms with Crippen LogP contribution in [0.3, 0.4) is 0 Å². The summed E-state index contributed by atoms with van der Waals surface area (Å²) in [6.45, 7) is 1.86. The number of hydrogen-bond donors (Lipinski definition) is 1. The van der Waals surface area contributed by atoms with Gasteiger partial charge in [0.15, 0.2) is 0 Å². The van der Waals surface area contributed by atoms with Crippen LogP contribution in [0.15, 0.2) is 10.9 Å². The first-order valence-corrected chi connectivity index (χ1v) is 3.23. The molecule has 0 saturated heterocycles. The number of nitrogens with two attached hydrogens (primary N) is 1. The van der Waals surface area contributed by atoms with Crippen molar-refractivity contribution in [3.8, 4) is 0 Å². The summed E-state index contributed by atoms with van der Waals surface area (Å²) < 4.78 is 0.759. The Balaban J connectivity index is 3.25. The summed E-state index contributed by atoms with van der Waals surface area (Å²) in [5.41, 5.74) is 6.33. The lowest BCUT2D eigenvalue weighted by molar-refractivity contribution is 1.11. The highest BCUT2D eigenvalue weighted by Gasteiger charge is 1.97. The maximum atomic E-state index is 5.44. The smallest absolute Gasteiger partial charge is 0.130 e. The highest BCUT2D eigenvalue weighted by atomic mass is 79.9. The second-order valence-corrected chi connectivity index (χ2v) is 2.43. The molecule has 0 atom stereocenters. The summed E-state index contributed by atoms with van der Waals surface area (Å²) in [5.74, 6) is 0.525. The molecule has 0 aromatic carbocycles. The monoisotopic (exact) mass is 187 g/mol. The lowest BCUT2D eigenvalue weighted by atomic mass is 10.4. The van der Waals surface area contributed by atoms with Crippen LogP contribution in [-0.2, 0) is 0 Å². The van der Waals surface area contributed by atoms with E-state index in [2.05, 4.69) is 25.9 Å². The van der Waals surface area contributed by atoms with Crippen molar-refractivity contribution < 1.29 is 0 Å². The molecule has 0 aliphatic carbocycles. The number of aromatic nitrogens is 2. The molecule has 1 aromatic rings. The zero-order valence-corrected chi connectivity index (χ0v) is 6.51. The lowest BCUT2D eigenvalue weighted by Gasteiger charge is -1.96. The third-order valence-electron chi connectivity index (χ3n) is 1.06. The molecule has 0 radical (unpaired) electrons. The van der Waals surface area contributed by atoms with Crippen LogP contribution in [0.4, 0.5) is 5.82 Å². The molecular formula is C5H6BrN3. The van der Waals surface area contributed by atoms with Crippen molar-refractivity contribution >= 4 is 21.7 Å². The molecule has 1 heterocycles. The minimum Gasteiger partial charge on any atom is -0.383 e. The number of nitrogen functional groups attached to an aromatic ring is 1. The van der Waals surface area contributed by atoms with Gasteiger partial charge in [0.2, 0.25) is 0 Å². The number of halogens is 1. The van der Waals surface area contributed by atoms with Gasteiger partial charge in [-0.3, -0.25) is 0 Å². The molecule has 0 unspecified atom stereocenters. The van der Waals surface area contributed by atoms with Crippen LogP contribution in [0.25, 0.3) is 0 Å². The standard InChI is InChI=1S/C5H6BrN3/c1-3-4(6)8-2-9-5(3)7/h2H,1H3,(H2,7,8,9). The van der Waals surface area contributed by atoms with Crippen molar-refractivity contribution in [1.29, 1.82) is 0 Å². The van der Waals surface area contributed by atoms with E-state index in [0.29, 0.717) is 5.82 Å². The Bertz CT molecular complexity index is 203. The highest BCUT2D eigenvalue weighted by Crippen LogP contribution is 2.14. The van der Waals surface area contributed by atoms with Crippen molar-refractivity contribution in [3.05, 3.63) is 16.5 Å². The third kappa shape index (κ3) is 1.18. The lowest BCUT2D eigenvalue weighted by Crippen LogP contribution is -1.95. The van der Waals surface area contributed by atoms with Gasteiger partial charge in [0.1, 0.15) is 16.7 Å². The summed E-state index contributed by atoms with van der Waals surface area (Å²) in [5, 5.41) is 0. The first-order chi connectivity index (χ1) is 4.22. The number of rotatable bonds is 0. The number of anilines is 1. The van der Waals surface area contributed by atoms with Crippen LogP contribution in [0, 0.1) is 6.92 Å². The summed E-state index contributed by atoms with van der Waals surface area (Å²) in [7, 11) is 0. The molecule has 3 nitrogen and oxygen atoms in total. The van der Waals surface area contributed by atoms with Gasteiger partial charge in [-0.25, -0.2) is 9.97 Å². The maximum Gasteiger partial charge on any atom is 0.130 e. The largest absolute Gasteiger partial charge is 0.383 e. The normalized spacial score (nSPS) is 9.56. The third-order valence-corrected chi connectivity index (χ3v) is 1.86. The van der Waals surface area contributed by atoms with E-state index in [1.807, 2.05) is 6.92 Å². The molecule has 0 aliphatic rings. The second kappa shape index (κ2) is 2.31.